The van der Waals surface area contributed by atoms with E-state index in [2.05, 4.69) is 44.0 Å². The first-order chi connectivity index (χ1) is 25.5. The highest BCUT2D eigenvalue weighted by Crippen LogP contribution is 2.35. The number of halogens is 1. The van der Waals surface area contributed by atoms with Crippen molar-refractivity contribution in [1.29, 1.82) is 0 Å². The van der Waals surface area contributed by atoms with Crippen LogP contribution in [-0.4, -0.2) is 97.9 Å². The van der Waals surface area contributed by atoms with Crippen LogP contribution < -0.4 is 5.32 Å². The molecule has 2 aromatic carbocycles. The van der Waals surface area contributed by atoms with Gasteiger partial charge >= 0.3 is 6.09 Å². The van der Waals surface area contributed by atoms with E-state index in [0.29, 0.717) is 36.0 Å². The zero-order valence-electron chi connectivity index (χ0n) is 31.5. The molecule has 0 saturated carbocycles. The lowest BCUT2D eigenvalue weighted by Gasteiger charge is -2.31. The molecular formula is C40H51FN8O4. The Balaban J connectivity index is 1.13. The molecule has 2 fully saturated rings. The summed E-state index contributed by atoms with van der Waals surface area (Å²) < 4.78 is 20.4. The molecular weight excluding hydrogens is 675 g/mol. The molecule has 2 aliphatic heterocycles. The first-order valence-corrected chi connectivity index (χ1v) is 18.7. The maximum Gasteiger partial charge on any atom is 0.407 e. The second-order valence-corrected chi connectivity index (χ2v) is 14.3. The lowest BCUT2D eigenvalue weighted by Crippen LogP contribution is -2.51. The van der Waals surface area contributed by atoms with Crippen molar-refractivity contribution in [3.8, 4) is 33.6 Å². The second-order valence-electron chi connectivity index (χ2n) is 14.3. The second kappa shape index (κ2) is 16.3. The molecule has 0 aliphatic carbocycles. The van der Waals surface area contributed by atoms with Crippen LogP contribution in [0.3, 0.4) is 0 Å². The van der Waals surface area contributed by atoms with Gasteiger partial charge in [-0.05, 0) is 80.4 Å². The number of aromatic amines is 2. The number of rotatable bonds is 12. The number of methoxy groups -OCH3 is 1. The quantitative estimate of drug-likeness (QED) is 0.148. The van der Waals surface area contributed by atoms with E-state index in [1.54, 1.807) is 23.4 Å². The van der Waals surface area contributed by atoms with Gasteiger partial charge in [-0.2, -0.15) is 0 Å². The number of amides is 3. The summed E-state index contributed by atoms with van der Waals surface area (Å²) in [6, 6.07) is 11.7. The van der Waals surface area contributed by atoms with Crippen LogP contribution in [0.5, 0.6) is 0 Å². The van der Waals surface area contributed by atoms with Crippen molar-refractivity contribution < 1.29 is 23.5 Å². The monoisotopic (exact) mass is 726 g/mol. The number of likely N-dealkylation sites (N-methyl/N-ethyl adjacent to an activating group) is 1. The number of carbonyl (C=O) groups is 3. The van der Waals surface area contributed by atoms with Crippen LogP contribution in [0.4, 0.5) is 9.18 Å². The summed E-state index contributed by atoms with van der Waals surface area (Å²) in [6.45, 7) is 12.7. The molecule has 2 saturated heterocycles. The van der Waals surface area contributed by atoms with Gasteiger partial charge in [-0.25, -0.2) is 19.2 Å². The molecule has 4 atom stereocenters. The summed E-state index contributed by atoms with van der Waals surface area (Å²) >= 11 is 0. The van der Waals surface area contributed by atoms with E-state index in [-0.39, 0.29) is 41.7 Å². The zero-order valence-corrected chi connectivity index (χ0v) is 31.5. The third-order valence-corrected chi connectivity index (χ3v) is 10.8. The molecule has 53 heavy (non-hydrogen) atoms. The van der Waals surface area contributed by atoms with E-state index in [4.69, 9.17) is 4.74 Å². The number of imidazole rings is 2. The van der Waals surface area contributed by atoms with Gasteiger partial charge in [0.15, 0.2) is 0 Å². The Morgan fingerprint density at radius 3 is 1.96 bits per heavy atom. The molecule has 282 valence electrons. The van der Waals surface area contributed by atoms with Crippen LogP contribution >= 0.6 is 0 Å². The minimum Gasteiger partial charge on any atom is -0.453 e. The number of hydrogen-bond donors (Lipinski definition) is 3. The van der Waals surface area contributed by atoms with Crippen LogP contribution in [-0.2, 0) is 14.3 Å². The molecule has 0 radical (unpaired) electrons. The van der Waals surface area contributed by atoms with Crippen LogP contribution in [0.1, 0.15) is 84.0 Å². The van der Waals surface area contributed by atoms with Crippen LogP contribution in [0.15, 0.2) is 54.9 Å². The highest BCUT2D eigenvalue weighted by molar-refractivity contribution is 5.86. The predicted molar refractivity (Wildman–Crippen MR) is 201 cm³/mol. The lowest BCUT2D eigenvalue weighted by molar-refractivity contribution is -0.137. The van der Waals surface area contributed by atoms with Crippen molar-refractivity contribution in [2.24, 2.45) is 5.92 Å². The molecule has 2 aromatic heterocycles. The topological polar surface area (TPSA) is 140 Å². The summed E-state index contributed by atoms with van der Waals surface area (Å²) in [4.78, 5) is 60.7. The Hall–Kier alpha value is -5.04. The first-order valence-electron chi connectivity index (χ1n) is 18.7. The van der Waals surface area contributed by atoms with Crippen LogP contribution in [0.2, 0.25) is 0 Å². The summed E-state index contributed by atoms with van der Waals surface area (Å²) in [6.07, 6.45) is 6.08. The van der Waals surface area contributed by atoms with Gasteiger partial charge in [-0.15, -0.1) is 0 Å². The number of H-pyrrole nitrogens is 2. The minimum atomic E-state index is -0.702. The third kappa shape index (κ3) is 7.85. The SMILES string of the molecule is CCN(CC)[C@H](C)C(=O)N1CCC[C@H]1c1ncc(-c2ccc(-c3ccc(-c4cnc([C@@H]5CCCN5C(=O)[C@@H](NC(=O)OC)C(C)C)[nH]4)cc3)cc2F)[nH]1. The normalized spacial score (nSPS) is 18.5. The Bertz CT molecular complexity index is 1900. The molecule has 13 heteroatoms. The lowest BCUT2D eigenvalue weighted by atomic mass is 10.0. The number of ether oxygens (including phenoxy) is 1. The number of alkyl carbamates (subject to hydrolysis) is 1. The van der Waals surface area contributed by atoms with Gasteiger partial charge in [0.05, 0.1) is 49.0 Å². The van der Waals surface area contributed by atoms with Gasteiger partial charge in [0.25, 0.3) is 0 Å². The van der Waals surface area contributed by atoms with Crippen LogP contribution in [0, 0.1) is 11.7 Å². The number of carbonyl (C=O) groups excluding carboxylic acids is 3. The number of nitrogens with zero attached hydrogens (tertiary/aromatic N) is 5. The molecule has 4 aromatic rings. The molecule has 0 unspecified atom stereocenters. The maximum absolute atomic E-state index is 15.7. The fraction of sp³-hybridized carbons (Fsp3) is 0.475. The Morgan fingerprint density at radius 1 is 0.849 bits per heavy atom. The average molecular weight is 727 g/mol. The Kier molecular flexibility index (Phi) is 11.6. The number of aromatic nitrogens is 4. The number of hydrogen-bond acceptors (Lipinski definition) is 7. The first kappa shape index (κ1) is 37.7. The fourth-order valence-electron chi connectivity index (χ4n) is 7.73. The summed E-state index contributed by atoms with van der Waals surface area (Å²) in [5.41, 5.74) is 4.30. The molecule has 3 amide bonds. The Labute approximate surface area is 310 Å². The highest BCUT2D eigenvalue weighted by atomic mass is 19.1. The van der Waals surface area contributed by atoms with Gasteiger partial charge in [0.1, 0.15) is 23.5 Å². The molecule has 0 bridgehead atoms. The molecule has 0 spiro atoms. The largest absolute Gasteiger partial charge is 0.453 e. The van der Waals surface area contributed by atoms with E-state index in [1.165, 1.54) is 13.2 Å². The van der Waals surface area contributed by atoms with E-state index in [9.17, 15) is 14.4 Å². The highest BCUT2D eigenvalue weighted by Gasteiger charge is 2.38. The van der Waals surface area contributed by atoms with Gasteiger partial charge in [-0.1, -0.05) is 58.0 Å². The predicted octanol–water partition coefficient (Wildman–Crippen LogP) is 6.71. The third-order valence-electron chi connectivity index (χ3n) is 10.8. The average Bonchev–Trinajstić information content (AvgIpc) is 4.00. The van der Waals surface area contributed by atoms with E-state index in [1.807, 2.05) is 56.0 Å². The van der Waals surface area contributed by atoms with Crippen molar-refractivity contribution >= 4 is 17.9 Å². The summed E-state index contributed by atoms with van der Waals surface area (Å²) in [7, 11) is 1.28. The van der Waals surface area contributed by atoms with Crippen molar-refractivity contribution in [3.63, 3.8) is 0 Å². The van der Waals surface area contributed by atoms with E-state index < -0.39 is 12.1 Å². The van der Waals surface area contributed by atoms with Gasteiger partial charge in [0.2, 0.25) is 11.8 Å². The van der Waals surface area contributed by atoms with E-state index >= 15 is 4.39 Å². The molecule has 12 nitrogen and oxygen atoms in total. The van der Waals surface area contributed by atoms with Gasteiger partial charge < -0.3 is 29.8 Å². The van der Waals surface area contributed by atoms with Crippen molar-refractivity contribution in [3.05, 3.63) is 72.3 Å². The zero-order chi connectivity index (χ0) is 37.8. The minimum absolute atomic E-state index is 0.0993. The number of likely N-dealkylation sites (tertiary alicyclic amines) is 2. The summed E-state index contributed by atoms with van der Waals surface area (Å²) in [5.74, 6) is 0.829. The number of nitrogens with one attached hydrogen (secondary N) is 3. The smallest absolute Gasteiger partial charge is 0.407 e. The van der Waals surface area contributed by atoms with Gasteiger partial charge in [0, 0.05) is 18.7 Å². The van der Waals surface area contributed by atoms with Crippen molar-refractivity contribution in [2.75, 3.05) is 33.3 Å². The van der Waals surface area contributed by atoms with E-state index in [0.717, 1.165) is 61.2 Å². The fourth-order valence-corrected chi connectivity index (χ4v) is 7.73. The Morgan fingerprint density at radius 2 is 1.40 bits per heavy atom. The van der Waals surface area contributed by atoms with Crippen molar-refractivity contribution in [2.45, 2.75) is 84.5 Å². The molecule has 3 N–H and O–H groups in total. The van der Waals surface area contributed by atoms with Crippen molar-refractivity contribution in [1.82, 2.24) is 40.0 Å². The van der Waals surface area contributed by atoms with Crippen LogP contribution in [0.25, 0.3) is 33.6 Å². The molecule has 2 aliphatic rings. The molecule has 4 heterocycles. The maximum atomic E-state index is 15.7. The standard InChI is InChI=1S/C40H51FN8O4/c1-7-47(8-2)25(5)38(50)48-19-9-11-33(48)37-43-23-32(45-37)29-18-17-28(21-30(29)41)26-13-15-27(16-14-26)31-22-42-36(44-31)34-12-10-20-49(34)39(51)35(24(3)4)46-40(52)53-6/h13-18,21-25,33-35H,7-12,19-20H2,1-6H3,(H,42,44)(H,43,45)(H,46,52)/t25-,33+,34+,35+/m1/s1. The summed E-state index contributed by atoms with van der Waals surface area (Å²) in [5, 5.41) is 2.68. The van der Waals surface area contributed by atoms with Gasteiger partial charge in [-0.3, -0.25) is 14.5 Å². The molecule has 6 rings (SSSR count). The number of benzene rings is 2.